The third-order valence-electron chi connectivity index (χ3n) is 4.55. The first-order valence-electron chi connectivity index (χ1n) is 7.83. The molecule has 0 aliphatic carbocycles. The predicted octanol–water partition coefficient (Wildman–Crippen LogP) is 4.97. The van der Waals surface area contributed by atoms with Gasteiger partial charge in [-0.25, -0.2) is 0 Å². The first kappa shape index (κ1) is 15.5. The summed E-state index contributed by atoms with van der Waals surface area (Å²) in [5.74, 6) is 0. The van der Waals surface area contributed by atoms with Gasteiger partial charge in [-0.2, -0.15) is 0 Å². The Kier molecular flexibility index (Phi) is 5.35. The fraction of sp³-hybridized carbons (Fsp3) is 0.300. The molecular weight excluding hydrogens is 254 g/mol. The van der Waals surface area contributed by atoms with Gasteiger partial charge >= 0.3 is 0 Å². The molecular formula is C20H26N+. The molecule has 1 unspecified atom stereocenters. The fourth-order valence-electron chi connectivity index (χ4n) is 3.21. The van der Waals surface area contributed by atoms with Crippen LogP contribution in [0.1, 0.15) is 31.0 Å². The molecule has 21 heavy (non-hydrogen) atoms. The van der Waals surface area contributed by atoms with E-state index in [1.165, 1.54) is 11.1 Å². The van der Waals surface area contributed by atoms with Crippen LogP contribution in [0, 0.1) is 0 Å². The average Bonchev–Trinajstić information content (AvgIpc) is 2.56. The third-order valence-corrected chi connectivity index (χ3v) is 4.55. The van der Waals surface area contributed by atoms with Crippen molar-refractivity contribution >= 4 is 0 Å². The van der Waals surface area contributed by atoms with E-state index in [2.05, 4.69) is 87.2 Å². The maximum absolute atomic E-state index is 4.13. The molecule has 0 amide bonds. The second kappa shape index (κ2) is 7.24. The summed E-state index contributed by atoms with van der Waals surface area (Å²) >= 11 is 0. The van der Waals surface area contributed by atoms with Crippen molar-refractivity contribution in [2.24, 2.45) is 0 Å². The SMILES string of the molecule is C=CC(c1ccccc1)[N+](CC)(CC)Cc1ccccc1. The Morgan fingerprint density at radius 2 is 1.43 bits per heavy atom. The molecule has 0 spiro atoms. The molecule has 110 valence electrons. The van der Waals surface area contributed by atoms with Gasteiger partial charge in [0.1, 0.15) is 12.6 Å². The second-order valence-corrected chi connectivity index (χ2v) is 5.59. The quantitative estimate of drug-likeness (QED) is 0.496. The lowest BCUT2D eigenvalue weighted by atomic mass is 10.0. The molecule has 0 saturated heterocycles. The number of benzene rings is 2. The lowest BCUT2D eigenvalue weighted by Crippen LogP contribution is -2.49. The Labute approximate surface area is 129 Å². The van der Waals surface area contributed by atoms with E-state index < -0.39 is 0 Å². The van der Waals surface area contributed by atoms with E-state index in [4.69, 9.17) is 0 Å². The molecule has 2 aromatic rings. The van der Waals surface area contributed by atoms with E-state index in [0.29, 0.717) is 6.04 Å². The van der Waals surface area contributed by atoms with Crippen molar-refractivity contribution in [3.05, 3.63) is 84.4 Å². The van der Waals surface area contributed by atoms with E-state index in [0.717, 1.165) is 24.1 Å². The minimum Gasteiger partial charge on any atom is -0.311 e. The highest BCUT2D eigenvalue weighted by molar-refractivity contribution is 5.21. The molecule has 2 rings (SSSR count). The number of rotatable bonds is 7. The number of likely N-dealkylation sites (N-methyl/N-ethyl adjacent to an activating group) is 1. The van der Waals surface area contributed by atoms with E-state index in [-0.39, 0.29) is 0 Å². The standard InChI is InChI=1S/C20H26N/c1-4-20(19-15-11-8-12-16-19)21(5-2,6-3)17-18-13-9-7-10-14-18/h4,7-16,20H,1,5-6,17H2,2-3H3/q+1. The van der Waals surface area contributed by atoms with Crippen LogP contribution in [-0.2, 0) is 6.54 Å². The lowest BCUT2D eigenvalue weighted by molar-refractivity contribution is -0.960. The lowest BCUT2D eigenvalue weighted by Gasteiger charge is -2.43. The first-order chi connectivity index (χ1) is 10.3. The highest BCUT2D eigenvalue weighted by Crippen LogP contribution is 2.32. The molecule has 0 aliphatic heterocycles. The summed E-state index contributed by atoms with van der Waals surface area (Å²) in [7, 11) is 0. The Balaban J connectivity index is 2.37. The van der Waals surface area contributed by atoms with E-state index in [1.54, 1.807) is 0 Å². The molecule has 0 fully saturated rings. The number of nitrogens with zero attached hydrogens (tertiary/aromatic N) is 1. The molecule has 0 aliphatic rings. The topological polar surface area (TPSA) is 0 Å². The highest BCUT2D eigenvalue weighted by Gasteiger charge is 2.33. The summed E-state index contributed by atoms with van der Waals surface area (Å²) in [4.78, 5) is 0. The van der Waals surface area contributed by atoms with Crippen molar-refractivity contribution in [1.82, 2.24) is 0 Å². The molecule has 0 saturated carbocycles. The Bertz CT molecular complexity index is 541. The van der Waals surface area contributed by atoms with Crippen LogP contribution in [0.3, 0.4) is 0 Å². The summed E-state index contributed by atoms with van der Waals surface area (Å²) < 4.78 is 1.01. The smallest absolute Gasteiger partial charge is 0.133 e. The van der Waals surface area contributed by atoms with E-state index >= 15 is 0 Å². The van der Waals surface area contributed by atoms with E-state index in [9.17, 15) is 0 Å². The van der Waals surface area contributed by atoms with Crippen molar-refractivity contribution < 1.29 is 4.48 Å². The highest BCUT2D eigenvalue weighted by atomic mass is 15.4. The summed E-state index contributed by atoms with van der Waals surface area (Å²) in [5, 5.41) is 0. The second-order valence-electron chi connectivity index (χ2n) is 5.59. The minimum atomic E-state index is 0.335. The average molecular weight is 280 g/mol. The van der Waals surface area contributed by atoms with E-state index in [1.807, 2.05) is 0 Å². The first-order valence-corrected chi connectivity index (χ1v) is 7.83. The normalized spacial score (nSPS) is 12.9. The fourth-order valence-corrected chi connectivity index (χ4v) is 3.21. The number of hydrogen-bond acceptors (Lipinski definition) is 0. The monoisotopic (exact) mass is 280 g/mol. The molecule has 2 aromatic carbocycles. The maximum atomic E-state index is 4.13. The Morgan fingerprint density at radius 3 is 1.90 bits per heavy atom. The van der Waals surface area contributed by atoms with Crippen LogP contribution in [0.4, 0.5) is 0 Å². The van der Waals surface area contributed by atoms with Crippen LogP contribution in [0.15, 0.2) is 73.3 Å². The zero-order valence-electron chi connectivity index (χ0n) is 13.2. The van der Waals surface area contributed by atoms with Crippen LogP contribution in [-0.4, -0.2) is 17.6 Å². The van der Waals surface area contributed by atoms with Crippen LogP contribution in [0.2, 0.25) is 0 Å². The zero-order chi connectivity index (χ0) is 15.1. The third kappa shape index (κ3) is 3.43. The van der Waals surface area contributed by atoms with Crippen molar-refractivity contribution in [2.75, 3.05) is 13.1 Å². The van der Waals surface area contributed by atoms with Gasteiger partial charge in [-0.1, -0.05) is 67.2 Å². The Morgan fingerprint density at radius 1 is 0.905 bits per heavy atom. The molecule has 1 heteroatoms. The molecule has 0 radical (unpaired) electrons. The Hall–Kier alpha value is -1.86. The maximum Gasteiger partial charge on any atom is 0.133 e. The van der Waals surface area contributed by atoms with Gasteiger partial charge in [0.05, 0.1) is 13.1 Å². The van der Waals surface area contributed by atoms with Crippen molar-refractivity contribution in [2.45, 2.75) is 26.4 Å². The van der Waals surface area contributed by atoms with Crippen LogP contribution in [0.25, 0.3) is 0 Å². The number of quaternary nitrogens is 1. The van der Waals surface area contributed by atoms with Gasteiger partial charge in [-0.05, 0) is 19.9 Å². The van der Waals surface area contributed by atoms with Gasteiger partial charge < -0.3 is 4.48 Å². The van der Waals surface area contributed by atoms with Gasteiger partial charge in [-0.3, -0.25) is 0 Å². The summed E-state index contributed by atoms with van der Waals surface area (Å²) in [6, 6.07) is 21.9. The summed E-state index contributed by atoms with van der Waals surface area (Å²) in [6.07, 6.45) is 2.12. The largest absolute Gasteiger partial charge is 0.311 e. The van der Waals surface area contributed by atoms with Crippen LogP contribution < -0.4 is 0 Å². The van der Waals surface area contributed by atoms with Gasteiger partial charge in [-0.15, -0.1) is 0 Å². The molecule has 0 bridgehead atoms. The van der Waals surface area contributed by atoms with Gasteiger partial charge in [0, 0.05) is 11.1 Å². The van der Waals surface area contributed by atoms with Crippen molar-refractivity contribution in [1.29, 1.82) is 0 Å². The van der Waals surface area contributed by atoms with Gasteiger partial charge in [0.2, 0.25) is 0 Å². The summed E-state index contributed by atoms with van der Waals surface area (Å²) in [5.41, 5.74) is 2.75. The summed E-state index contributed by atoms with van der Waals surface area (Å²) in [6.45, 7) is 11.9. The van der Waals surface area contributed by atoms with Gasteiger partial charge in [0.15, 0.2) is 0 Å². The van der Waals surface area contributed by atoms with Crippen molar-refractivity contribution in [3.8, 4) is 0 Å². The molecule has 1 atom stereocenters. The predicted molar refractivity (Wildman–Crippen MR) is 90.9 cm³/mol. The minimum absolute atomic E-state index is 0.335. The molecule has 0 heterocycles. The van der Waals surface area contributed by atoms with Crippen molar-refractivity contribution in [3.63, 3.8) is 0 Å². The molecule has 0 aromatic heterocycles. The number of hydrogen-bond donors (Lipinski definition) is 0. The molecule has 0 N–H and O–H groups in total. The van der Waals surface area contributed by atoms with Crippen LogP contribution >= 0.6 is 0 Å². The molecule has 1 nitrogen and oxygen atoms in total. The van der Waals surface area contributed by atoms with Crippen LogP contribution in [0.5, 0.6) is 0 Å². The van der Waals surface area contributed by atoms with Gasteiger partial charge in [0.25, 0.3) is 0 Å². The zero-order valence-corrected chi connectivity index (χ0v) is 13.2.